The molecule has 0 aromatic rings. The molecule has 3 nitrogen and oxygen atoms in total. The number of hydrogen-bond donors (Lipinski definition) is 1. The van der Waals surface area contributed by atoms with Crippen molar-refractivity contribution in [3.8, 4) is 0 Å². The van der Waals surface area contributed by atoms with Crippen molar-refractivity contribution < 1.29 is 23.0 Å². The van der Waals surface area contributed by atoms with Gasteiger partial charge >= 0.3 is 6.18 Å². The first-order chi connectivity index (χ1) is 8.44. The molecule has 0 aromatic carbocycles. The first-order valence-corrected chi connectivity index (χ1v) is 6.50. The predicted molar refractivity (Wildman–Crippen MR) is 60.3 cm³/mol. The van der Waals surface area contributed by atoms with Gasteiger partial charge in [0.25, 0.3) is 0 Å². The molecular weight excluding hydrogens is 247 g/mol. The van der Waals surface area contributed by atoms with E-state index in [-0.39, 0.29) is 24.8 Å². The average Bonchev–Trinajstić information content (AvgIpc) is 2.25. The number of hydrogen-bond acceptors (Lipinski definition) is 3. The molecule has 18 heavy (non-hydrogen) atoms. The van der Waals surface area contributed by atoms with Gasteiger partial charge in [-0.3, -0.25) is 4.90 Å². The summed E-state index contributed by atoms with van der Waals surface area (Å²) in [4.78, 5) is 1.36. The number of halogens is 3. The van der Waals surface area contributed by atoms with Gasteiger partial charge in [0.05, 0.1) is 18.8 Å². The van der Waals surface area contributed by atoms with Crippen LogP contribution < -0.4 is 0 Å². The molecule has 0 aromatic heterocycles. The van der Waals surface area contributed by atoms with Gasteiger partial charge in [-0.1, -0.05) is 0 Å². The fraction of sp³-hybridized carbons (Fsp3) is 1.00. The fourth-order valence-corrected chi connectivity index (χ4v) is 2.98. The highest BCUT2D eigenvalue weighted by atomic mass is 19.4. The van der Waals surface area contributed by atoms with E-state index in [4.69, 9.17) is 9.84 Å². The molecule has 1 saturated heterocycles. The molecule has 106 valence electrons. The van der Waals surface area contributed by atoms with E-state index < -0.39 is 12.7 Å². The lowest BCUT2D eigenvalue weighted by Crippen LogP contribution is -2.54. The summed E-state index contributed by atoms with van der Waals surface area (Å²) in [6.07, 6.45) is 0.109. The first-order valence-electron chi connectivity index (χ1n) is 6.50. The van der Waals surface area contributed by atoms with Gasteiger partial charge in [-0.2, -0.15) is 13.2 Å². The van der Waals surface area contributed by atoms with E-state index in [1.807, 2.05) is 0 Å². The molecule has 2 aliphatic rings. The van der Waals surface area contributed by atoms with Crippen LogP contribution in [0.2, 0.25) is 0 Å². The van der Waals surface area contributed by atoms with Gasteiger partial charge < -0.3 is 9.84 Å². The second-order valence-corrected chi connectivity index (χ2v) is 5.34. The Morgan fingerprint density at radius 3 is 2.56 bits per heavy atom. The largest absolute Gasteiger partial charge is 0.401 e. The molecular formula is C12H20F3NO2. The Bertz CT molecular complexity index is 279. The molecule has 1 aliphatic heterocycles. The summed E-state index contributed by atoms with van der Waals surface area (Å²) in [6.45, 7) is -0.556. The maximum atomic E-state index is 12.5. The Balaban J connectivity index is 1.96. The zero-order valence-electron chi connectivity index (χ0n) is 10.4. The first kappa shape index (κ1) is 14.1. The van der Waals surface area contributed by atoms with Crippen molar-refractivity contribution in [2.45, 2.75) is 49.9 Å². The van der Waals surface area contributed by atoms with Gasteiger partial charge in [0.1, 0.15) is 0 Å². The summed E-state index contributed by atoms with van der Waals surface area (Å²) < 4.78 is 43.3. The van der Waals surface area contributed by atoms with Gasteiger partial charge in [0.2, 0.25) is 0 Å². The molecule has 1 atom stereocenters. The van der Waals surface area contributed by atoms with Crippen LogP contribution in [0.15, 0.2) is 0 Å². The Morgan fingerprint density at radius 2 is 2.06 bits per heavy atom. The van der Waals surface area contributed by atoms with E-state index in [1.165, 1.54) is 4.90 Å². The maximum absolute atomic E-state index is 12.5. The van der Waals surface area contributed by atoms with Crippen LogP contribution in [0.4, 0.5) is 13.2 Å². The Kier molecular flexibility index (Phi) is 4.18. The minimum absolute atomic E-state index is 0.0836. The molecule has 0 radical (unpaired) electrons. The summed E-state index contributed by atoms with van der Waals surface area (Å²) in [5.41, 5.74) is -0.164. The van der Waals surface area contributed by atoms with Crippen LogP contribution in [-0.4, -0.2) is 54.1 Å². The number of rotatable bonds is 4. The number of ether oxygens (including phenoxy) is 1. The zero-order valence-corrected chi connectivity index (χ0v) is 10.4. The van der Waals surface area contributed by atoms with Crippen molar-refractivity contribution >= 4 is 0 Å². The van der Waals surface area contributed by atoms with Gasteiger partial charge in [-0.05, 0) is 32.1 Å². The minimum atomic E-state index is -4.21. The summed E-state index contributed by atoms with van der Waals surface area (Å²) >= 11 is 0. The molecule has 1 spiro atoms. The Labute approximate surface area is 105 Å². The number of alkyl halides is 3. The highest BCUT2D eigenvalue weighted by Crippen LogP contribution is 2.43. The minimum Gasteiger partial charge on any atom is -0.395 e. The summed E-state index contributed by atoms with van der Waals surface area (Å²) in [6, 6.07) is -0.118. The van der Waals surface area contributed by atoms with E-state index in [2.05, 4.69) is 0 Å². The van der Waals surface area contributed by atoms with Crippen molar-refractivity contribution in [1.29, 1.82) is 0 Å². The Hall–Kier alpha value is -0.330. The zero-order chi connectivity index (χ0) is 13.2. The topological polar surface area (TPSA) is 32.7 Å². The van der Waals surface area contributed by atoms with Crippen LogP contribution in [-0.2, 0) is 4.74 Å². The van der Waals surface area contributed by atoms with E-state index in [9.17, 15) is 13.2 Å². The fourth-order valence-electron chi connectivity index (χ4n) is 2.98. The smallest absolute Gasteiger partial charge is 0.395 e. The van der Waals surface area contributed by atoms with Crippen LogP contribution in [0.3, 0.4) is 0 Å². The highest BCUT2D eigenvalue weighted by Gasteiger charge is 2.45. The SMILES string of the molecule is OCCN(CC(F)(F)F)C1CCOC2(CCC2)C1. The molecule has 1 aliphatic carbocycles. The van der Waals surface area contributed by atoms with Crippen molar-refractivity contribution in [3.05, 3.63) is 0 Å². The third-order valence-electron chi connectivity index (χ3n) is 4.02. The van der Waals surface area contributed by atoms with Gasteiger partial charge in [0, 0.05) is 19.2 Å². The van der Waals surface area contributed by atoms with E-state index in [0.717, 1.165) is 19.3 Å². The van der Waals surface area contributed by atoms with Gasteiger partial charge in [-0.25, -0.2) is 0 Å². The van der Waals surface area contributed by atoms with Crippen molar-refractivity contribution in [1.82, 2.24) is 4.90 Å². The van der Waals surface area contributed by atoms with E-state index >= 15 is 0 Å². The molecule has 1 heterocycles. The molecule has 2 fully saturated rings. The summed E-state index contributed by atoms with van der Waals surface area (Å²) in [5, 5.41) is 8.93. The van der Waals surface area contributed by atoms with E-state index in [0.29, 0.717) is 19.4 Å². The lowest BCUT2D eigenvalue weighted by Gasteiger charge is -2.49. The summed E-state index contributed by atoms with van der Waals surface area (Å²) in [5.74, 6) is 0. The highest BCUT2D eigenvalue weighted by molar-refractivity contribution is 4.96. The lowest BCUT2D eigenvalue weighted by molar-refractivity contribution is -0.179. The van der Waals surface area contributed by atoms with Gasteiger partial charge in [-0.15, -0.1) is 0 Å². The average molecular weight is 267 g/mol. The summed E-state index contributed by atoms with van der Waals surface area (Å²) in [7, 11) is 0. The predicted octanol–water partition coefficient (Wildman–Crippen LogP) is 1.94. The normalized spacial score (nSPS) is 27.5. The molecule has 1 N–H and O–H groups in total. The van der Waals surface area contributed by atoms with Crippen molar-refractivity contribution in [2.24, 2.45) is 0 Å². The molecule has 2 rings (SSSR count). The van der Waals surface area contributed by atoms with Gasteiger partial charge in [0.15, 0.2) is 0 Å². The van der Waals surface area contributed by atoms with Crippen molar-refractivity contribution in [3.63, 3.8) is 0 Å². The maximum Gasteiger partial charge on any atom is 0.401 e. The third kappa shape index (κ3) is 3.36. The quantitative estimate of drug-likeness (QED) is 0.845. The van der Waals surface area contributed by atoms with Crippen LogP contribution in [0, 0.1) is 0 Å². The van der Waals surface area contributed by atoms with Crippen molar-refractivity contribution in [2.75, 3.05) is 26.3 Å². The number of aliphatic hydroxyl groups excluding tert-OH is 1. The van der Waals surface area contributed by atoms with Crippen LogP contribution in [0.25, 0.3) is 0 Å². The standard InChI is InChI=1S/C12H20F3NO2/c13-12(14,15)9-16(5-6-17)10-2-7-18-11(8-10)3-1-4-11/h10,17H,1-9H2. The van der Waals surface area contributed by atoms with Crippen LogP contribution >= 0.6 is 0 Å². The number of aliphatic hydroxyl groups is 1. The number of nitrogens with zero attached hydrogens (tertiary/aromatic N) is 1. The monoisotopic (exact) mass is 267 g/mol. The lowest BCUT2D eigenvalue weighted by atomic mass is 9.73. The Morgan fingerprint density at radius 1 is 1.33 bits per heavy atom. The molecule has 6 heteroatoms. The van der Waals surface area contributed by atoms with Crippen LogP contribution in [0.5, 0.6) is 0 Å². The molecule has 1 unspecified atom stereocenters. The van der Waals surface area contributed by atoms with E-state index in [1.54, 1.807) is 0 Å². The second kappa shape index (κ2) is 5.35. The second-order valence-electron chi connectivity index (χ2n) is 5.34. The molecule has 0 amide bonds. The van der Waals surface area contributed by atoms with Crippen LogP contribution in [0.1, 0.15) is 32.1 Å². The molecule has 1 saturated carbocycles. The third-order valence-corrected chi connectivity index (χ3v) is 4.02. The molecule has 0 bridgehead atoms.